The number of hydrogen-bond acceptors (Lipinski definition) is 3. The van der Waals surface area contributed by atoms with E-state index < -0.39 is 10.0 Å². The van der Waals surface area contributed by atoms with Crippen LogP contribution in [0.15, 0.2) is 72.8 Å². The molecule has 3 aromatic carbocycles. The third-order valence-corrected chi connectivity index (χ3v) is 4.68. The molecule has 0 fully saturated rings. The lowest BCUT2D eigenvalue weighted by atomic mass is 9.92. The molecule has 0 aliphatic carbocycles. The maximum absolute atomic E-state index is 11.5. The molecule has 0 bridgehead atoms. The van der Waals surface area contributed by atoms with Crippen molar-refractivity contribution >= 4 is 27.4 Å². The Morgan fingerprint density at radius 2 is 1.44 bits per heavy atom. The van der Waals surface area contributed by atoms with Crippen molar-refractivity contribution in [2.24, 2.45) is 0 Å². The van der Waals surface area contributed by atoms with Gasteiger partial charge in [-0.1, -0.05) is 56.0 Å². The molecule has 0 aromatic heterocycles. The second-order valence-corrected chi connectivity index (χ2v) is 7.90. The van der Waals surface area contributed by atoms with E-state index in [4.69, 9.17) is 4.74 Å². The minimum Gasteiger partial charge on any atom is -0.456 e. The van der Waals surface area contributed by atoms with Crippen LogP contribution in [0, 0.1) is 0 Å². The number of para-hydroxylation sites is 2. The highest BCUT2D eigenvalue weighted by Gasteiger charge is 2.20. The fourth-order valence-electron chi connectivity index (χ4n) is 3.05. The van der Waals surface area contributed by atoms with Crippen LogP contribution < -0.4 is 9.46 Å². The summed E-state index contributed by atoms with van der Waals surface area (Å²) in [4.78, 5) is 0. The van der Waals surface area contributed by atoms with Gasteiger partial charge in [-0.25, -0.2) is 8.42 Å². The lowest BCUT2D eigenvalue weighted by Gasteiger charge is -2.23. The van der Waals surface area contributed by atoms with E-state index >= 15 is 0 Å². The third kappa shape index (κ3) is 4.04. The van der Waals surface area contributed by atoms with Gasteiger partial charge in [0.2, 0.25) is 10.0 Å². The maximum atomic E-state index is 11.5. The van der Waals surface area contributed by atoms with E-state index in [1.165, 1.54) is 0 Å². The van der Waals surface area contributed by atoms with Crippen molar-refractivity contribution in [2.75, 3.05) is 11.0 Å². The van der Waals surface area contributed by atoms with Crippen LogP contribution in [0.5, 0.6) is 11.5 Å². The van der Waals surface area contributed by atoms with Crippen LogP contribution >= 0.6 is 0 Å². The number of hydrogen-bond donors (Lipinski definition) is 1. The van der Waals surface area contributed by atoms with Crippen LogP contribution in [0.1, 0.15) is 24.1 Å². The van der Waals surface area contributed by atoms with E-state index in [1.54, 1.807) is 6.07 Å². The molecule has 1 aliphatic heterocycles. The van der Waals surface area contributed by atoms with Gasteiger partial charge in [0.05, 0.1) is 6.26 Å². The van der Waals surface area contributed by atoms with Gasteiger partial charge in [-0.15, -0.1) is 0 Å². The highest BCUT2D eigenvalue weighted by Crippen LogP contribution is 2.44. The number of anilines is 1. The molecule has 138 valence electrons. The number of sulfonamides is 1. The number of benzene rings is 3. The standard InChI is InChI=1S/C21H17NO3S.CH4/c1-26(23,24)22-16-8-6-7-15(13-16)14-19-17-9-2-4-11-20(17)25-21-12-5-3-10-18(19)21;/h2-14,22H,1H3;1H4. The normalized spacial score (nSPS) is 12.1. The molecule has 4 nitrogen and oxygen atoms in total. The zero-order valence-electron chi connectivity index (χ0n) is 14.1. The first kappa shape index (κ1) is 18.7. The van der Waals surface area contributed by atoms with Gasteiger partial charge >= 0.3 is 0 Å². The Morgan fingerprint density at radius 1 is 0.852 bits per heavy atom. The molecule has 0 saturated heterocycles. The van der Waals surface area contributed by atoms with E-state index in [-0.39, 0.29) is 7.43 Å². The smallest absolute Gasteiger partial charge is 0.229 e. The van der Waals surface area contributed by atoms with Gasteiger partial charge in [-0.3, -0.25) is 4.72 Å². The van der Waals surface area contributed by atoms with Gasteiger partial charge in [0, 0.05) is 16.8 Å². The number of rotatable bonds is 3. The second-order valence-electron chi connectivity index (χ2n) is 6.15. The van der Waals surface area contributed by atoms with E-state index in [0.717, 1.165) is 40.0 Å². The molecule has 0 atom stereocenters. The first-order valence-corrected chi connectivity index (χ1v) is 10.0. The molecule has 1 aliphatic rings. The van der Waals surface area contributed by atoms with Gasteiger partial charge in [0.25, 0.3) is 0 Å². The lowest BCUT2D eigenvalue weighted by Crippen LogP contribution is -2.09. The summed E-state index contributed by atoms with van der Waals surface area (Å²) in [5, 5.41) is 0. The molecule has 0 saturated carbocycles. The van der Waals surface area contributed by atoms with Crippen molar-refractivity contribution in [3.05, 3.63) is 89.5 Å². The van der Waals surface area contributed by atoms with Crippen molar-refractivity contribution in [3.63, 3.8) is 0 Å². The summed E-state index contributed by atoms with van der Waals surface area (Å²) >= 11 is 0. The Bertz CT molecular complexity index is 1070. The summed E-state index contributed by atoms with van der Waals surface area (Å²) in [6.45, 7) is 0. The average molecular weight is 379 g/mol. The van der Waals surface area contributed by atoms with E-state index in [9.17, 15) is 8.42 Å². The molecule has 27 heavy (non-hydrogen) atoms. The Labute approximate surface area is 160 Å². The zero-order chi connectivity index (χ0) is 18.1. The molecule has 3 aromatic rings. The first-order valence-electron chi connectivity index (χ1n) is 8.16. The topological polar surface area (TPSA) is 55.4 Å². The molecule has 1 heterocycles. The highest BCUT2D eigenvalue weighted by atomic mass is 32.2. The van der Waals surface area contributed by atoms with E-state index in [2.05, 4.69) is 4.72 Å². The SMILES string of the molecule is C.CS(=O)(=O)Nc1cccc(C=C2c3ccccc3Oc3ccccc32)c1. The number of fused-ring (bicyclic) bond motifs is 2. The molecular formula is C22H21NO3S. The fourth-order valence-corrected chi connectivity index (χ4v) is 3.60. The van der Waals surface area contributed by atoms with Crippen LogP contribution in [0.3, 0.4) is 0 Å². The van der Waals surface area contributed by atoms with Crippen LogP contribution in [0.4, 0.5) is 5.69 Å². The summed E-state index contributed by atoms with van der Waals surface area (Å²) in [5.74, 6) is 1.62. The second kappa shape index (κ2) is 7.29. The monoisotopic (exact) mass is 379 g/mol. The Morgan fingerprint density at radius 3 is 2.04 bits per heavy atom. The van der Waals surface area contributed by atoms with Crippen molar-refractivity contribution in [1.82, 2.24) is 0 Å². The van der Waals surface area contributed by atoms with Gasteiger partial charge in [0.15, 0.2) is 0 Å². The number of nitrogens with one attached hydrogen (secondary N) is 1. The molecule has 0 amide bonds. The van der Waals surface area contributed by atoms with Crippen molar-refractivity contribution < 1.29 is 13.2 Å². The quantitative estimate of drug-likeness (QED) is 0.519. The molecule has 5 heteroatoms. The van der Waals surface area contributed by atoms with Gasteiger partial charge < -0.3 is 4.74 Å². The minimum absolute atomic E-state index is 0. The number of ether oxygens (including phenoxy) is 1. The summed E-state index contributed by atoms with van der Waals surface area (Å²) in [6, 6.07) is 23.1. The average Bonchev–Trinajstić information content (AvgIpc) is 2.60. The van der Waals surface area contributed by atoms with Gasteiger partial charge in [-0.05, 0) is 41.5 Å². The van der Waals surface area contributed by atoms with E-state index in [1.807, 2.05) is 72.8 Å². The van der Waals surface area contributed by atoms with Gasteiger partial charge in [-0.2, -0.15) is 0 Å². The largest absolute Gasteiger partial charge is 0.456 e. The maximum Gasteiger partial charge on any atom is 0.229 e. The fraction of sp³-hybridized carbons (Fsp3) is 0.0909. The Hall–Kier alpha value is -3.05. The molecule has 4 rings (SSSR count). The van der Waals surface area contributed by atoms with Crippen LogP contribution in [0.25, 0.3) is 11.6 Å². The van der Waals surface area contributed by atoms with Gasteiger partial charge in [0.1, 0.15) is 11.5 Å². The van der Waals surface area contributed by atoms with Crippen LogP contribution in [-0.2, 0) is 10.0 Å². The Kier molecular flexibility index (Phi) is 5.06. The van der Waals surface area contributed by atoms with Crippen molar-refractivity contribution in [1.29, 1.82) is 0 Å². The molecule has 0 spiro atoms. The highest BCUT2D eigenvalue weighted by molar-refractivity contribution is 7.92. The minimum atomic E-state index is -3.32. The molecule has 0 radical (unpaired) electrons. The third-order valence-electron chi connectivity index (χ3n) is 4.08. The molecular weight excluding hydrogens is 358 g/mol. The van der Waals surface area contributed by atoms with Crippen LogP contribution in [-0.4, -0.2) is 14.7 Å². The van der Waals surface area contributed by atoms with Crippen molar-refractivity contribution in [3.8, 4) is 11.5 Å². The first-order chi connectivity index (χ1) is 12.5. The predicted octanol–water partition coefficient (Wildman–Crippen LogP) is 5.39. The Balaban J connectivity index is 0.00000210. The zero-order valence-corrected chi connectivity index (χ0v) is 15.0. The van der Waals surface area contributed by atoms with E-state index in [0.29, 0.717) is 5.69 Å². The summed E-state index contributed by atoms with van der Waals surface area (Å²) < 4.78 is 31.5. The molecule has 1 N–H and O–H groups in total. The summed E-state index contributed by atoms with van der Waals surface area (Å²) in [7, 11) is -3.32. The van der Waals surface area contributed by atoms with Crippen molar-refractivity contribution in [2.45, 2.75) is 7.43 Å². The predicted molar refractivity (Wildman–Crippen MR) is 112 cm³/mol. The summed E-state index contributed by atoms with van der Waals surface area (Å²) in [6.07, 6.45) is 3.19. The van der Waals surface area contributed by atoms with Crippen LogP contribution in [0.2, 0.25) is 0 Å². The molecule has 0 unspecified atom stereocenters. The lowest BCUT2D eigenvalue weighted by molar-refractivity contribution is 0.474. The summed E-state index contributed by atoms with van der Waals surface area (Å²) in [5.41, 5.74) is 4.50.